The van der Waals surface area contributed by atoms with Crippen molar-refractivity contribution in [2.75, 3.05) is 13.1 Å². The van der Waals surface area contributed by atoms with Crippen molar-refractivity contribution in [2.24, 2.45) is 0 Å². The van der Waals surface area contributed by atoms with Crippen molar-refractivity contribution in [3.05, 3.63) is 47.5 Å². The summed E-state index contributed by atoms with van der Waals surface area (Å²) < 4.78 is 2.20. The van der Waals surface area contributed by atoms with Crippen LogP contribution in [0.2, 0.25) is 0 Å². The Hall–Kier alpha value is -1.72. The average molecular weight is 314 g/mol. The van der Waals surface area contributed by atoms with E-state index in [0.717, 1.165) is 31.0 Å². The first kappa shape index (κ1) is 16.1. The summed E-state index contributed by atoms with van der Waals surface area (Å²) in [7, 11) is 0. The zero-order chi connectivity index (χ0) is 16.2. The van der Waals surface area contributed by atoms with Crippen LogP contribution in [0.5, 0.6) is 0 Å². The topological polar surface area (TPSA) is 54.2 Å². The molecule has 23 heavy (non-hydrogen) atoms. The van der Waals surface area contributed by atoms with Crippen LogP contribution in [-0.4, -0.2) is 37.9 Å². The Morgan fingerprint density at radius 1 is 1.22 bits per heavy atom. The normalized spacial score (nSPS) is 19.4. The van der Waals surface area contributed by atoms with E-state index in [2.05, 4.69) is 45.6 Å². The van der Waals surface area contributed by atoms with Crippen LogP contribution >= 0.6 is 0 Å². The predicted molar refractivity (Wildman–Crippen MR) is 90.0 cm³/mol. The van der Waals surface area contributed by atoms with Gasteiger partial charge in [0, 0.05) is 25.0 Å². The van der Waals surface area contributed by atoms with Gasteiger partial charge in [0.25, 0.3) is 0 Å². The SMILES string of the molecule is CC(C)n1cnnc1C1CCCN(Cc2ccc(CO)cc2)C1. The lowest BCUT2D eigenvalue weighted by atomic mass is 9.96. The molecule has 0 amide bonds. The van der Waals surface area contributed by atoms with Crippen molar-refractivity contribution in [1.82, 2.24) is 19.7 Å². The van der Waals surface area contributed by atoms with E-state index in [-0.39, 0.29) is 6.61 Å². The average Bonchev–Trinajstić information content (AvgIpc) is 3.06. The third kappa shape index (κ3) is 3.79. The molecule has 2 heterocycles. The molecule has 1 saturated heterocycles. The first-order valence-electron chi connectivity index (χ1n) is 8.48. The van der Waals surface area contributed by atoms with Crippen LogP contribution in [-0.2, 0) is 13.2 Å². The maximum atomic E-state index is 9.14. The molecule has 1 aromatic heterocycles. The number of nitrogens with zero attached hydrogens (tertiary/aromatic N) is 4. The largest absolute Gasteiger partial charge is 0.392 e. The van der Waals surface area contributed by atoms with Gasteiger partial charge in [-0.1, -0.05) is 24.3 Å². The van der Waals surface area contributed by atoms with Gasteiger partial charge in [0.05, 0.1) is 6.61 Å². The molecular weight excluding hydrogens is 288 g/mol. The molecular formula is C18H26N4O. The standard InChI is InChI=1S/C18H26N4O/c1-14(2)22-13-19-20-18(22)17-4-3-9-21(11-17)10-15-5-7-16(12-23)8-6-15/h5-8,13-14,17,23H,3-4,9-12H2,1-2H3. The molecule has 5 nitrogen and oxygen atoms in total. The number of aromatic nitrogens is 3. The van der Waals surface area contributed by atoms with E-state index >= 15 is 0 Å². The summed E-state index contributed by atoms with van der Waals surface area (Å²) in [5.74, 6) is 1.59. The Labute approximate surface area is 138 Å². The van der Waals surface area contributed by atoms with Gasteiger partial charge in [-0.05, 0) is 44.4 Å². The second kappa shape index (κ2) is 7.23. The summed E-state index contributed by atoms with van der Waals surface area (Å²) in [4.78, 5) is 2.50. The van der Waals surface area contributed by atoms with E-state index in [1.54, 1.807) is 0 Å². The molecule has 0 radical (unpaired) electrons. The second-order valence-electron chi connectivity index (χ2n) is 6.74. The molecule has 2 aromatic rings. The zero-order valence-corrected chi connectivity index (χ0v) is 14.0. The molecule has 0 aliphatic carbocycles. The summed E-state index contributed by atoms with van der Waals surface area (Å²) in [6.45, 7) is 7.59. The predicted octanol–water partition coefficient (Wildman–Crippen LogP) is 2.73. The van der Waals surface area contributed by atoms with Crippen LogP contribution < -0.4 is 0 Å². The minimum atomic E-state index is 0.108. The fourth-order valence-corrected chi connectivity index (χ4v) is 3.36. The molecule has 5 heteroatoms. The van der Waals surface area contributed by atoms with Crippen LogP contribution in [0.15, 0.2) is 30.6 Å². The van der Waals surface area contributed by atoms with E-state index in [4.69, 9.17) is 5.11 Å². The molecule has 1 aromatic carbocycles. The van der Waals surface area contributed by atoms with Crippen molar-refractivity contribution in [3.63, 3.8) is 0 Å². The second-order valence-corrected chi connectivity index (χ2v) is 6.74. The third-order valence-corrected chi connectivity index (χ3v) is 4.64. The minimum absolute atomic E-state index is 0.108. The highest BCUT2D eigenvalue weighted by molar-refractivity contribution is 5.22. The van der Waals surface area contributed by atoms with Crippen LogP contribution in [0.3, 0.4) is 0 Å². The minimum Gasteiger partial charge on any atom is -0.392 e. The van der Waals surface area contributed by atoms with Gasteiger partial charge in [0.1, 0.15) is 12.2 Å². The molecule has 1 unspecified atom stereocenters. The van der Waals surface area contributed by atoms with Gasteiger partial charge in [-0.3, -0.25) is 4.90 Å². The fraction of sp³-hybridized carbons (Fsp3) is 0.556. The lowest BCUT2D eigenvalue weighted by molar-refractivity contribution is 0.193. The highest BCUT2D eigenvalue weighted by Crippen LogP contribution is 2.27. The number of likely N-dealkylation sites (tertiary alicyclic amines) is 1. The summed E-state index contributed by atoms with van der Waals surface area (Å²) in [6.07, 6.45) is 4.24. The number of benzene rings is 1. The zero-order valence-electron chi connectivity index (χ0n) is 14.0. The molecule has 124 valence electrons. The van der Waals surface area contributed by atoms with E-state index in [1.807, 2.05) is 18.5 Å². The summed E-state index contributed by atoms with van der Waals surface area (Å²) in [5, 5.41) is 17.6. The third-order valence-electron chi connectivity index (χ3n) is 4.64. The van der Waals surface area contributed by atoms with Crippen LogP contribution in [0, 0.1) is 0 Å². The molecule has 1 fully saturated rings. The molecule has 0 spiro atoms. The van der Waals surface area contributed by atoms with Crippen LogP contribution in [0.25, 0.3) is 0 Å². The van der Waals surface area contributed by atoms with Gasteiger partial charge in [0.2, 0.25) is 0 Å². The smallest absolute Gasteiger partial charge is 0.137 e. The monoisotopic (exact) mass is 314 g/mol. The van der Waals surface area contributed by atoms with Gasteiger partial charge >= 0.3 is 0 Å². The van der Waals surface area contributed by atoms with Gasteiger partial charge in [-0.15, -0.1) is 10.2 Å². The fourth-order valence-electron chi connectivity index (χ4n) is 3.36. The molecule has 0 bridgehead atoms. The number of aliphatic hydroxyl groups is 1. The maximum Gasteiger partial charge on any atom is 0.137 e. The quantitative estimate of drug-likeness (QED) is 0.922. The highest BCUT2D eigenvalue weighted by Gasteiger charge is 2.25. The van der Waals surface area contributed by atoms with E-state index < -0.39 is 0 Å². The Balaban J connectivity index is 1.66. The molecule has 3 rings (SSSR count). The number of hydrogen-bond acceptors (Lipinski definition) is 4. The summed E-state index contributed by atoms with van der Waals surface area (Å²) in [5.41, 5.74) is 2.27. The number of rotatable bonds is 5. The summed E-state index contributed by atoms with van der Waals surface area (Å²) >= 11 is 0. The van der Waals surface area contributed by atoms with E-state index in [0.29, 0.717) is 12.0 Å². The number of piperidine rings is 1. The van der Waals surface area contributed by atoms with Crippen LogP contribution in [0.4, 0.5) is 0 Å². The molecule has 1 aliphatic rings. The molecule has 1 N–H and O–H groups in total. The van der Waals surface area contributed by atoms with Crippen LogP contribution in [0.1, 0.15) is 55.6 Å². The highest BCUT2D eigenvalue weighted by atomic mass is 16.3. The summed E-state index contributed by atoms with van der Waals surface area (Å²) in [6, 6.07) is 8.65. The lowest BCUT2D eigenvalue weighted by Crippen LogP contribution is -2.35. The van der Waals surface area contributed by atoms with Crippen molar-refractivity contribution >= 4 is 0 Å². The maximum absolute atomic E-state index is 9.14. The Kier molecular flexibility index (Phi) is 5.08. The molecule has 1 aliphatic heterocycles. The van der Waals surface area contributed by atoms with Gasteiger partial charge in [-0.2, -0.15) is 0 Å². The van der Waals surface area contributed by atoms with Crippen molar-refractivity contribution in [1.29, 1.82) is 0 Å². The molecule has 0 saturated carbocycles. The van der Waals surface area contributed by atoms with Gasteiger partial charge in [-0.25, -0.2) is 0 Å². The Morgan fingerprint density at radius 2 is 1.96 bits per heavy atom. The van der Waals surface area contributed by atoms with Gasteiger partial charge < -0.3 is 9.67 Å². The lowest BCUT2D eigenvalue weighted by Gasteiger charge is -2.32. The van der Waals surface area contributed by atoms with Crippen molar-refractivity contribution < 1.29 is 5.11 Å². The Morgan fingerprint density at radius 3 is 2.65 bits per heavy atom. The van der Waals surface area contributed by atoms with Crippen molar-refractivity contribution in [2.45, 2.75) is 51.8 Å². The van der Waals surface area contributed by atoms with Crippen molar-refractivity contribution in [3.8, 4) is 0 Å². The number of aliphatic hydroxyl groups excluding tert-OH is 1. The number of hydrogen-bond donors (Lipinski definition) is 1. The van der Waals surface area contributed by atoms with Gasteiger partial charge in [0.15, 0.2) is 0 Å². The first-order valence-corrected chi connectivity index (χ1v) is 8.48. The molecule has 1 atom stereocenters. The van der Waals surface area contributed by atoms with E-state index in [9.17, 15) is 0 Å². The first-order chi connectivity index (χ1) is 11.2. The van der Waals surface area contributed by atoms with E-state index in [1.165, 1.54) is 18.4 Å². The Bertz CT molecular complexity index is 620.